The molecule has 0 N–H and O–H groups in total. The van der Waals surface area contributed by atoms with Gasteiger partial charge in [0, 0.05) is 12.4 Å². The molecule has 1 aliphatic rings. The van der Waals surface area contributed by atoms with Gasteiger partial charge in [0.1, 0.15) is 6.10 Å². The van der Waals surface area contributed by atoms with E-state index in [1.165, 1.54) is 0 Å². The normalized spacial score (nSPS) is 23.8. The molecule has 1 saturated heterocycles. The Morgan fingerprint density at radius 1 is 1.44 bits per heavy atom. The molecule has 0 saturated carbocycles. The van der Waals surface area contributed by atoms with E-state index in [-0.39, 0.29) is 6.10 Å². The van der Waals surface area contributed by atoms with Crippen molar-refractivity contribution in [1.82, 2.24) is 9.97 Å². The van der Waals surface area contributed by atoms with E-state index in [2.05, 4.69) is 9.97 Å². The Morgan fingerprint density at radius 3 is 2.67 bits per heavy atom. The second kappa shape index (κ2) is 1.77. The van der Waals surface area contributed by atoms with Crippen LogP contribution < -0.4 is 0 Å². The van der Waals surface area contributed by atoms with Crippen molar-refractivity contribution in [3.63, 3.8) is 0 Å². The summed E-state index contributed by atoms with van der Waals surface area (Å²) in [7, 11) is 0. The maximum atomic E-state index is 4.97. The molecule has 0 aliphatic carbocycles. The zero-order valence-corrected chi connectivity index (χ0v) is 4.82. The Bertz CT molecular complexity index is 195. The van der Waals surface area contributed by atoms with E-state index < -0.39 is 0 Å². The molecule has 3 nitrogen and oxygen atoms in total. The minimum absolute atomic E-state index is 0.186. The monoisotopic (exact) mass is 122 g/mol. The predicted octanol–water partition coefficient (Wildman–Crippen LogP) is 0.548. The molecule has 3 heteroatoms. The summed E-state index contributed by atoms with van der Waals surface area (Å²) in [6.07, 6.45) is 3.64. The summed E-state index contributed by atoms with van der Waals surface area (Å²) in [6.45, 7) is 0.782. The molecule has 1 aromatic rings. The van der Waals surface area contributed by atoms with Crippen LogP contribution in [0.25, 0.3) is 0 Å². The molecule has 0 radical (unpaired) electrons. The van der Waals surface area contributed by atoms with Gasteiger partial charge in [-0.25, -0.2) is 9.97 Å². The number of ether oxygens (including phenoxy) is 1. The first-order valence-corrected chi connectivity index (χ1v) is 2.85. The van der Waals surface area contributed by atoms with Gasteiger partial charge in [-0.3, -0.25) is 0 Å². The van der Waals surface area contributed by atoms with E-state index in [1.54, 1.807) is 18.5 Å². The van der Waals surface area contributed by atoms with Crippen molar-refractivity contribution in [2.75, 3.05) is 6.61 Å². The predicted molar refractivity (Wildman–Crippen MR) is 30.7 cm³/mol. The van der Waals surface area contributed by atoms with Crippen molar-refractivity contribution in [1.29, 1.82) is 0 Å². The second-order valence-corrected chi connectivity index (χ2v) is 1.93. The van der Waals surface area contributed by atoms with Crippen molar-refractivity contribution in [3.8, 4) is 0 Å². The van der Waals surface area contributed by atoms with Crippen LogP contribution in [0.3, 0.4) is 0 Å². The molecule has 1 fully saturated rings. The maximum absolute atomic E-state index is 4.97. The van der Waals surface area contributed by atoms with Gasteiger partial charge in [-0.1, -0.05) is 0 Å². The Hall–Kier alpha value is -0.960. The highest BCUT2D eigenvalue weighted by Gasteiger charge is 2.26. The minimum Gasteiger partial charge on any atom is -0.365 e. The van der Waals surface area contributed by atoms with Crippen molar-refractivity contribution in [3.05, 3.63) is 24.3 Å². The molecule has 0 unspecified atom stereocenters. The topological polar surface area (TPSA) is 38.3 Å². The fourth-order valence-electron chi connectivity index (χ4n) is 0.674. The second-order valence-electron chi connectivity index (χ2n) is 1.93. The molecule has 2 rings (SSSR count). The molecule has 1 aromatic heterocycles. The van der Waals surface area contributed by atoms with Gasteiger partial charge in [0.2, 0.25) is 0 Å². The fraction of sp³-hybridized carbons (Fsp3) is 0.333. The van der Waals surface area contributed by atoms with E-state index in [0.29, 0.717) is 0 Å². The average molecular weight is 122 g/mol. The highest BCUT2D eigenvalue weighted by Crippen LogP contribution is 2.25. The lowest BCUT2D eigenvalue weighted by molar-refractivity contribution is 0.406. The summed E-state index contributed by atoms with van der Waals surface area (Å²) in [5.41, 5.74) is 0. The van der Waals surface area contributed by atoms with Crippen LogP contribution in [0.5, 0.6) is 0 Å². The number of hydrogen-bond acceptors (Lipinski definition) is 3. The van der Waals surface area contributed by atoms with Gasteiger partial charge < -0.3 is 4.74 Å². The molecule has 9 heavy (non-hydrogen) atoms. The molecule has 1 atom stereocenters. The highest BCUT2D eigenvalue weighted by molar-refractivity contribution is 4.97. The summed E-state index contributed by atoms with van der Waals surface area (Å²) in [4.78, 5) is 8.01. The van der Waals surface area contributed by atoms with Crippen LogP contribution >= 0.6 is 0 Å². The first-order valence-electron chi connectivity index (χ1n) is 2.85. The molecular formula is C6H6N2O. The largest absolute Gasteiger partial charge is 0.365 e. The van der Waals surface area contributed by atoms with Gasteiger partial charge in [-0.15, -0.1) is 0 Å². The number of rotatable bonds is 1. The van der Waals surface area contributed by atoms with Crippen LogP contribution in [-0.2, 0) is 4.74 Å². The third kappa shape index (κ3) is 0.907. The van der Waals surface area contributed by atoms with Gasteiger partial charge in [0.15, 0.2) is 5.82 Å². The van der Waals surface area contributed by atoms with Crippen LogP contribution in [0.4, 0.5) is 0 Å². The Morgan fingerprint density at radius 2 is 2.11 bits per heavy atom. The molecule has 0 spiro atoms. The number of epoxide rings is 1. The average Bonchev–Trinajstić information content (AvgIpc) is 2.71. The van der Waals surface area contributed by atoms with Crippen molar-refractivity contribution < 1.29 is 4.74 Å². The number of aromatic nitrogens is 2. The van der Waals surface area contributed by atoms with Crippen molar-refractivity contribution in [2.45, 2.75) is 6.10 Å². The van der Waals surface area contributed by atoms with Gasteiger partial charge in [0.05, 0.1) is 6.61 Å². The fourth-order valence-corrected chi connectivity index (χ4v) is 0.674. The highest BCUT2D eigenvalue weighted by atomic mass is 16.6. The molecule has 1 aliphatic heterocycles. The zero-order chi connectivity index (χ0) is 6.10. The molecule has 46 valence electrons. The van der Waals surface area contributed by atoms with Crippen molar-refractivity contribution >= 4 is 0 Å². The van der Waals surface area contributed by atoms with Crippen LogP contribution in [0.15, 0.2) is 18.5 Å². The number of hydrogen-bond donors (Lipinski definition) is 0. The Labute approximate surface area is 52.7 Å². The third-order valence-corrected chi connectivity index (χ3v) is 1.21. The quantitative estimate of drug-likeness (QED) is 0.510. The third-order valence-electron chi connectivity index (χ3n) is 1.21. The molecule has 2 heterocycles. The SMILES string of the molecule is c1cnc([C@@H]2CO2)nc1. The van der Waals surface area contributed by atoms with Crippen LogP contribution in [0.1, 0.15) is 11.9 Å². The molecule has 0 amide bonds. The standard InChI is InChI=1S/C6H6N2O/c1-2-7-6(8-3-1)5-4-9-5/h1-3,5H,4H2/t5-/m0/s1. The lowest BCUT2D eigenvalue weighted by Gasteiger charge is -1.87. The molecule has 0 bridgehead atoms. The maximum Gasteiger partial charge on any atom is 0.159 e. The van der Waals surface area contributed by atoms with Gasteiger partial charge in [-0.2, -0.15) is 0 Å². The Balaban J connectivity index is 2.29. The number of nitrogens with zero attached hydrogens (tertiary/aromatic N) is 2. The molecular weight excluding hydrogens is 116 g/mol. The summed E-state index contributed by atoms with van der Waals surface area (Å²) < 4.78 is 4.97. The smallest absolute Gasteiger partial charge is 0.159 e. The van der Waals surface area contributed by atoms with Crippen LogP contribution in [0, 0.1) is 0 Å². The van der Waals surface area contributed by atoms with E-state index in [4.69, 9.17) is 4.74 Å². The minimum atomic E-state index is 0.186. The zero-order valence-electron chi connectivity index (χ0n) is 4.82. The van der Waals surface area contributed by atoms with E-state index in [9.17, 15) is 0 Å². The van der Waals surface area contributed by atoms with Crippen LogP contribution in [-0.4, -0.2) is 16.6 Å². The Kier molecular flexibility index (Phi) is 0.960. The van der Waals surface area contributed by atoms with Gasteiger partial charge in [0.25, 0.3) is 0 Å². The summed E-state index contributed by atoms with van der Waals surface area (Å²) in [6, 6.07) is 1.80. The van der Waals surface area contributed by atoms with Gasteiger partial charge >= 0.3 is 0 Å². The summed E-state index contributed by atoms with van der Waals surface area (Å²) in [5, 5.41) is 0. The van der Waals surface area contributed by atoms with Gasteiger partial charge in [-0.05, 0) is 6.07 Å². The lowest BCUT2D eigenvalue weighted by atomic mass is 10.4. The first kappa shape index (κ1) is 4.88. The summed E-state index contributed by atoms with van der Waals surface area (Å²) >= 11 is 0. The van der Waals surface area contributed by atoms with E-state index >= 15 is 0 Å². The van der Waals surface area contributed by atoms with Crippen molar-refractivity contribution in [2.24, 2.45) is 0 Å². The lowest BCUT2D eigenvalue weighted by Crippen LogP contribution is -1.88. The summed E-state index contributed by atoms with van der Waals surface area (Å²) in [5.74, 6) is 0.803. The first-order chi connectivity index (χ1) is 4.47. The van der Waals surface area contributed by atoms with Crippen LogP contribution in [0.2, 0.25) is 0 Å². The van der Waals surface area contributed by atoms with E-state index in [1.807, 2.05) is 0 Å². The molecule has 0 aromatic carbocycles. The van der Waals surface area contributed by atoms with E-state index in [0.717, 1.165) is 12.4 Å².